The number of benzene rings is 1. The zero-order valence-corrected chi connectivity index (χ0v) is 9.65. The van der Waals surface area contributed by atoms with Gasteiger partial charge in [0.25, 0.3) is 0 Å². The second-order valence-electron chi connectivity index (χ2n) is 3.68. The van der Waals surface area contributed by atoms with Gasteiger partial charge < -0.3 is 9.94 Å². The third-order valence-corrected chi connectivity index (χ3v) is 2.34. The molecule has 2 aromatic rings. The third kappa shape index (κ3) is 3.28. The predicted molar refractivity (Wildman–Crippen MR) is 63.1 cm³/mol. The fourth-order valence-electron chi connectivity index (χ4n) is 1.45. The van der Waals surface area contributed by atoms with Gasteiger partial charge in [-0.15, -0.1) is 0 Å². The Morgan fingerprint density at radius 1 is 1.28 bits per heavy atom. The molecular formula is C13H12N2O3. The quantitative estimate of drug-likeness (QED) is 0.457. The first-order chi connectivity index (χ1) is 8.75. The molecule has 0 spiro atoms. The fourth-order valence-corrected chi connectivity index (χ4v) is 1.45. The van der Waals surface area contributed by atoms with Gasteiger partial charge in [-0.3, -0.25) is 4.79 Å². The summed E-state index contributed by atoms with van der Waals surface area (Å²) in [7, 11) is 0. The van der Waals surface area contributed by atoms with E-state index in [1.54, 1.807) is 0 Å². The van der Waals surface area contributed by atoms with Gasteiger partial charge in [0.2, 0.25) is 0 Å². The van der Waals surface area contributed by atoms with E-state index in [2.05, 4.69) is 4.98 Å². The summed E-state index contributed by atoms with van der Waals surface area (Å²) in [5.41, 5.74) is 0.874. The Morgan fingerprint density at radius 3 is 2.78 bits per heavy atom. The van der Waals surface area contributed by atoms with E-state index in [4.69, 9.17) is 4.74 Å². The van der Waals surface area contributed by atoms with Crippen LogP contribution < -0.4 is 4.73 Å². The molecule has 5 heteroatoms. The summed E-state index contributed by atoms with van der Waals surface area (Å²) >= 11 is 0. The van der Waals surface area contributed by atoms with Crippen LogP contribution in [0.1, 0.15) is 11.4 Å². The minimum Gasteiger partial charge on any atom is -0.711 e. The van der Waals surface area contributed by atoms with Crippen LogP contribution in [0, 0.1) is 5.21 Å². The van der Waals surface area contributed by atoms with Gasteiger partial charge in [0, 0.05) is 6.07 Å². The van der Waals surface area contributed by atoms with Crippen molar-refractivity contribution in [1.82, 2.24) is 4.98 Å². The minimum absolute atomic E-state index is 0.115. The summed E-state index contributed by atoms with van der Waals surface area (Å²) in [5.74, 6) is -0.217. The molecule has 0 aliphatic carbocycles. The van der Waals surface area contributed by atoms with E-state index in [0.29, 0.717) is 4.73 Å². The van der Waals surface area contributed by atoms with E-state index in [-0.39, 0.29) is 24.8 Å². The Kier molecular flexibility index (Phi) is 3.86. The van der Waals surface area contributed by atoms with Crippen LogP contribution in [-0.2, 0) is 22.6 Å². The number of esters is 1. The van der Waals surface area contributed by atoms with Crippen molar-refractivity contribution in [3.05, 3.63) is 65.4 Å². The zero-order chi connectivity index (χ0) is 12.8. The number of rotatable bonds is 4. The molecular weight excluding hydrogens is 232 g/mol. The van der Waals surface area contributed by atoms with Crippen LogP contribution in [-0.4, -0.2) is 11.0 Å². The normalized spacial score (nSPS) is 10.0. The summed E-state index contributed by atoms with van der Waals surface area (Å²) in [6.07, 6.45) is 2.98. The summed E-state index contributed by atoms with van der Waals surface area (Å²) in [4.78, 5) is 15.4. The Hall–Kier alpha value is -2.43. The van der Waals surface area contributed by atoms with Gasteiger partial charge in [-0.25, -0.2) is 4.73 Å². The average Bonchev–Trinajstić information content (AvgIpc) is 2.39. The van der Waals surface area contributed by atoms with Gasteiger partial charge in [0.15, 0.2) is 6.61 Å². The van der Waals surface area contributed by atoms with Crippen molar-refractivity contribution in [2.24, 2.45) is 0 Å². The van der Waals surface area contributed by atoms with Crippen LogP contribution >= 0.6 is 0 Å². The maximum atomic E-state index is 11.5. The highest BCUT2D eigenvalue weighted by Gasteiger charge is 2.10. The first-order valence-electron chi connectivity index (χ1n) is 5.48. The van der Waals surface area contributed by atoms with Crippen molar-refractivity contribution < 1.29 is 14.3 Å². The molecule has 0 saturated heterocycles. The summed E-state index contributed by atoms with van der Waals surface area (Å²) < 4.78 is 5.57. The van der Waals surface area contributed by atoms with Crippen molar-refractivity contribution in [2.45, 2.75) is 13.0 Å². The maximum Gasteiger partial charge on any atom is 0.339 e. The standard InChI is InChI=1S/C13H12N2O3/c16-13(9-11-5-2-1-3-6-11)18-10-12-14-7-4-8-15(12)17/h1-8H,9-10H2. The molecule has 0 atom stereocenters. The number of nitrogens with zero attached hydrogens (tertiary/aromatic N) is 2. The number of aromatic nitrogens is 2. The Balaban J connectivity index is 1.88. The van der Waals surface area contributed by atoms with E-state index in [0.717, 1.165) is 5.56 Å². The van der Waals surface area contributed by atoms with Crippen LogP contribution in [0.15, 0.2) is 48.8 Å². The lowest BCUT2D eigenvalue weighted by Gasteiger charge is -2.06. The molecule has 92 valence electrons. The van der Waals surface area contributed by atoms with Crippen LogP contribution in [0.3, 0.4) is 0 Å². The van der Waals surface area contributed by atoms with Crippen molar-refractivity contribution in [2.75, 3.05) is 0 Å². The molecule has 5 nitrogen and oxygen atoms in total. The van der Waals surface area contributed by atoms with Crippen molar-refractivity contribution in [3.8, 4) is 0 Å². The van der Waals surface area contributed by atoms with Gasteiger partial charge in [0.05, 0.1) is 12.6 Å². The third-order valence-electron chi connectivity index (χ3n) is 2.34. The lowest BCUT2D eigenvalue weighted by Crippen LogP contribution is -2.33. The molecule has 2 rings (SSSR count). The molecule has 0 aliphatic rings. The molecule has 1 aromatic heterocycles. The second-order valence-corrected chi connectivity index (χ2v) is 3.68. The Bertz CT molecular complexity index is 529. The predicted octanol–water partition coefficient (Wildman–Crippen LogP) is 1.00. The first-order valence-corrected chi connectivity index (χ1v) is 5.48. The van der Waals surface area contributed by atoms with E-state index in [1.165, 1.54) is 18.5 Å². The zero-order valence-electron chi connectivity index (χ0n) is 9.65. The lowest BCUT2D eigenvalue weighted by molar-refractivity contribution is -0.620. The number of carbonyl (C=O) groups is 1. The molecule has 0 radical (unpaired) electrons. The van der Waals surface area contributed by atoms with Crippen LogP contribution in [0.5, 0.6) is 0 Å². The molecule has 0 bridgehead atoms. The van der Waals surface area contributed by atoms with E-state index >= 15 is 0 Å². The number of hydrogen-bond donors (Lipinski definition) is 0. The van der Waals surface area contributed by atoms with E-state index in [9.17, 15) is 10.0 Å². The summed E-state index contributed by atoms with van der Waals surface area (Å²) in [6.45, 7) is -0.115. The van der Waals surface area contributed by atoms with Gasteiger partial charge >= 0.3 is 11.8 Å². The van der Waals surface area contributed by atoms with Crippen molar-refractivity contribution >= 4 is 5.97 Å². The minimum atomic E-state index is -0.383. The molecule has 0 unspecified atom stereocenters. The van der Waals surface area contributed by atoms with Gasteiger partial charge in [-0.2, -0.15) is 0 Å². The van der Waals surface area contributed by atoms with Gasteiger partial charge in [-0.1, -0.05) is 30.3 Å². The summed E-state index contributed by atoms with van der Waals surface area (Å²) in [5, 5.41) is 11.3. The van der Waals surface area contributed by atoms with E-state index < -0.39 is 0 Å². The summed E-state index contributed by atoms with van der Waals surface area (Å²) in [6, 6.07) is 10.8. The van der Waals surface area contributed by atoms with Crippen molar-refractivity contribution in [1.29, 1.82) is 0 Å². The second kappa shape index (κ2) is 5.77. The SMILES string of the molecule is O=C(Cc1ccccc1)OCc1nccc[n+]1[O-]. The van der Waals surface area contributed by atoms with Crippen LogP contribution in [0.25, 0.3) is 0 Å². The highest BCUT2D eigenvalue weighted by Crippen LogP contribution is 2.01. The van der Waals surface area contributed by atoms with Crippen LogP contribution in [0.4, 0.5) is 0 Å². The smallest absolute Gasteiger partial charge is 0.339 e. The number of carbonyl (C=O) groups excluding carboxylic acids is 1. The topological polar surface area (TPSA) is 66.1 Å². The molecule has 0 aliphatic heterocycles. The molecule has 1 aromatic carbocycles. The highest BCUT2D eigenvalue weighted by atomic mass is 16.5. The average molecular weight is 244 g/mol. The molecule has 0 N–H and O–H groups in total. The van der Waals surface area contributed by atoms with Crippen LogP contribution in [0.2, 0.25) is 0 Å². The number of ether oxygens (including phenoxy) is 1. The molecule has 18 heavy (non-hydrogen) atoms. The maximum absolute atomic E-state index is 11.5. The lowest BCUT2D eigenvalue weighted by atomic mass is 10.2. The highest BCUT2D eigenvalue weighted by molar-refractivity contribution is 5.72. The van der Waals surface area contributed by atoms with E-state index in [1.807, 2.05) is 30.3 Å². The monoisotopic (exact) mass is 244 g/mol. The van der Waals surface area contributed by atoms with Gasteiger partial charge in [-0.05, 0) is 10.5 Å². The molecule has 0 fully saturated rings. The Labute approximate surface area is 104 Å². The fraction of sp³-hybridized carbons (Fsp3) is 0.154. The largest absolute Gasteiger partial charge is 0.711 e. The van der Waals surface area contributed by atoms with Gasteiger partial charge in [0.1, 0.15) is 6.20 Å². The number of hydrogen-bond acceptors (Lipinski definition) is 4. The first kappa shape index (κ1) is 12.0. The molecule has 1 heterocycles. The van der Waals surface area contributed by atoms with Crippen molar-refractivity contribution in [3.63, 3.8) is 0 Å². The molecule has 0 amide bonds. The Morgan fingerprint density at radius 2 is 2.06 bits per heavy atom. The molecule has 0 saturated carbocycles.